The summed E-state index contributed by atoms with van der Waals surface area (Å²) in [5.74, 6) is -0.100. The molecule has 1 atom stereocenters. The molecule has 1 unspecified atom stereocenters. The van der Waals surface area contributed by atoms with Crippen LogP contribution in [0.5, 0.6) is 0 Å². The number of nitrogens with one attached hydrogen (secondary N) is 1. The summed E-state index contributed by atoms with van der Waals surface area (Å²) < 4.78 is 5.29. The molecule has 1 aliphatic heterocycles. The van der Waals surface area contributed by atoms with Crippen molar-refractivity contribution in [1.82, 2.24) is 10.2 Å². The number of carbonyl (C=O) groups is 1. The Kier molecular flexibility index (Phi) is 4.75. The van der Waals surface area contributed by atoms with E-state index in [0.29, 0.717) is 18.1 Å². The van der Waals surface area contributed by atoms with E-state index < -0.39 is 5.54 Å². The number of nitrogens with zero attached hydrogens (tertiary/aromatic N) is 1. The molecule has 1 saturated heterocycles. The van der Waals surface area contributed by atoms with Gasteiger partial charge in [-0.05, 0) is 58.0 Å². The molecule has 4 nitrogen and oxygen atoms in total. The minimum Gasteiger partial charge on any atom is -0.465 e. The summed E-state index contributed by atoms with van der Waals surface area (Å²) >= 11 is 0. The number of likely N-dealkylation sites (tertiary alicyclic amines) is 1. The predicted molar refractivity (Wildman–Crippen MR) is 80.7 cm³/mol. The van der Waals surface area contributed by atoms with Crippen LogP contribution in [0.4, 0.5) is 0 Å². The maximum absolute atomic E-state index is 12.3. The summed E-state index contributed by atoms with van der Waals surface area (Å²) in [5, 5.41) is 3.50. The van der Waals surface area contributed by atoms with Crippen LogP contribution < -0.4 is 5.32 Å². The van der Waals surface area contributed by atoms with E-state index in [2.05, 4.69) is 24.1 Å². The van der Waals surface area contributed by atoms with Gasteiger partial charge in [-0.15, -0.1) is 0 Å². The minimum atomic E-state index is -0.557. The molecular weight excluding hydrogens is 252 g/mol. The molecule has 1 N–H and O–H groups in total. The molecule has 0 amide bonds. The Hall–Kier alpha value is -0.610. The van der Waals surface area contributed by atoms with Crippen molar-refractivity contribution in [2.45, 2.75) is 65.0 Å². The SMILES string of the molecule is CCOC(=O)C(C)(CN1CCC(C)(C)CC1)NC1CC1. The van der Waals surface area contributed by atoms with Crippen LogP contribution in [-0.4, -0.2) is 48.7 Å². The summed E-state index contributed by atoms with van der Waals surface area (Å²) in [5.41, 5.74) is -0.112. The highest BCUT2D eigenvalue weighted by molar-refractivity contribution is 5.80. The Balaban J connectivity index is 1.94. The fourth-order valence-corrected chi connectivity index (χ4v) is 2.90. The number of hydrogen-bond donors (Lipinski definition) is 1. The van der Waals surface area contributed by atoms with E-state index in [1.807, 2.05) is 13.8 Å². The number of hydrogen-bond acceptors (Lipinski definition) is 4. The Bertz CT molecular complexity index is 342. The highest BCUT2D eigenvalue weighted by Gasteiger charge is 2.41. The molecule has 0 bridgehead atoms. The first kappa shape index (κ1) is 15.8. The van der Waals surface area contributed by atoms with Gasteiger partial charge < -0.3 is 9.64 Å². The number of esters is 1. The first-order valence-corrected chi connectivity index (χ1v) is 8.02. The zero-order chi connectivity index (χ0) is 14.8. The van der Waals surface area contributed by atoms with Crippen LogP contribution in [-0.2, 0) is 9.53 Å². The zero-order valence-corrected chi connectivity index (χ0v) is 13.5. The van der Waals surface area contributed by atoms with Gasteiger partial charge in [0.1, 0.15) is 5.54 Å². The number of rotatable bonds is 6. The van der Waals surface area contributed by atoms with Crippen LogP contribution in [0.15, 0.2) is 0 Å². The van der Waals surface area contributed by atoms with E-state index >= 15 is 0 Å². The first-order chi connectivity index (χ1) is 9.35. The van der Waals surface area contributed by atoms with Crippen molar-refractivity contribution in [3.63, 3.8) is 0 Å². The van der Waals surface area contributed by atoms with Crippen molar-refractivity contribution in [3.05, 3.63) is 0 Å². The first-order valence-electron chi connectivity index (χ1n) is 8.02. The second-order valence-corrected chi connectivity index (χ2v) is 7.41. The highest BCUT2D eigenvalue weighted by Crippen LogP contribution is 2.31. The molecule has 0 aromatic heterocycles. The van der Waals surface area contributed by atoms with Gasteiger partial charge in [0.15, 0.2) is 0 Å². The van der Waals surface area contributed by atoms with Gasteiger partial charge in [-0.25, -0.2) is 0 Å². The molecule has 0 spiro atoms. The molecule has 4 heteroatoms. The van der Waals surface area contributed by atoms with Gasteiger partial charge in [0.05, 0.1) is 6.61 Å². The molecular formula is C16H30N2O2. The maximum Gasteiger partial charge on any atom is 0.327 e. The third-order valence-corrected chi connectivity index (χ3v) is 4.58. The van der Waals surface area contributed by atoms with Gasteiger partial charge in [-0.1, -0.05) is 13.8 Å². The molecule has 0 aromatic carbocycles. The minimum absolute atomic E-state index is 0.100. The fourth-order valence-electron chi connectivity index (χ4n) is 2.90. The lowest BCUT2D eigenvalue weighted by Gasteiger charge is -2.41. The number of ether oxygens (including phenoxy) is 1. The molecule has 1 saturated carbocycles. The zero-order valence-electron chi connectivity index (χ0n) is 13.5. The highest BCUT2D eigenvalue weighted by atomic mass is 16.5. The van der Waals surface area contributed by atoms with E-state index in [-0.39, 0.29) is 5.97 Å². The molecule has 2 aliphatic rings. The topological polar surface area (TPSA) is 41.6 Å². The van der Waals surface area contributed by atoms with Gasteiger partial charge in [0, 0.05) is 12.6 Å². The Morgan fingerprint density at radius 2 is 1.95 bits per heavy atom. The van der Waals surface area contributed by atoms with Crippen LogP contribution in [0.25, 0.3) is 0 Å². The monoisotopic (exact) mass is 282 g/mol. The molecule has 2 rings (SSSR count). The summed E-state index contributed by atoms with van der Waals surface area (Å²) in [6, 6.07) is 0.505. The number of piperidine rings is 1. The van der Waals surface area contributed by atoms with E-state index in [1.165, 1.54) is 25.7 Å². The lowest BCUT2D eigenvalue weighted by molar-refractivity contribution is -0.151. The van der Waals surface area contributed by atoms with Gasteiger partial charge in [-0.3, -0.25) is 10.1 Å². The maximum atomic E-state index is 12.3. The molecule has 2 fully saturated rings. The average molecular weight is 282 g/mol. The van der Waals surface area contributed by atoms with Crippen molar-refractivity contribution in [2.75, 3.05) is 26.2 Å². The molecule has 20 heavy (non-hydrogen) atoms. The third-order valence-electron chi connectivity index (χ3n) is 4.58. The van der Waals surface area contributed by atoms with Crippen molar-refractivity contribution in [1.29, 1.82) is 0 Å². The summed E-state index contributed by atoms with van der Waals surface area (Å²) in [6.07, 6.45) is 4.77. The van der Waals surface area contributed by atoms with Gasteiger partial charge in [0.2, 0.25) is 0 Å². The lowest BCUT2D eigenvalue weighted by Crippen LogP contribution is -2.59. The predicted octanol–water partition coefficient (Wildman–Crippen LogP) is 2.18. The molecule has 0 aromatic rings. The standard InChI is InChI=1S/C16H30N2O2/c1-5-20-14(19)16(4,17-13-6-7-13)12-18-10-8-15(2,3)9-11-18/h13,17H,5-12H2,1-4H3. The third kappa shape index (κ3) is 4.19. The van der Waals surface area contributed by atoms with Crippen molar-refractivity contribution in [3.8, 4) is 0 Å². The van der Waals surface area contributed by atoms with E-state index in [0.717, 1.165) is 19.6 Å². The summed E-state index contributed by atoms with van der Waals surface area (Å²) in [4.78, 5) is 14.7. The van der Waals surface area contributed by atoms with E-state index in [4.69, 9.17) is 4.74 Å². The molecule has 116 valence electrons. The molecule has 0 radical (unpaired) electrons. The van der Waals surface area contributed by atoms with Crippen LogP contribution in [0.3, 0.4) is 0 Å². The normalized spacial score (nSPS) is 26.0. The van der Waals surface area contributed by atoms with Gasteiger partial charge in [-0.2, -0.15) is 0 Å². The average Bonchev–Trinajstić information content (AvgIpc) is 3.16. The van der Waals surface area contributed by atoms with Gasteiger partial charge in [0.25, 0.3) is 0 Å². The van der Waals surface area contributed by atoms with Gasteiger partial charge >= 0.3 is 5.97 Å². The second kappa shape index (κ2) is 6.02. The van der Waals surface area contributed by atoms with E-state index in [1.54, 1.807) is 0 Å². The molecule has 1 heterocycles. The largest absolute Gasteiger partial charge is 0.465 e. The number of carbonyl (C=O) groups excluding carboxylic acids is 1. The Labute approximate surface area is 123 Å². The van der Waals surface area contributed by atoms with Crippen LogP contribution >= 0.6 is 0 Å². The molecule has 1 aliphatic carbocycles. The summed E-state index contributed by atoms with van der Waals surface area (Å²) in [6.45, 7) is 11.9. The second-order valence-electron chi connectivity index (χ2n) is 7.41. The quantitative estimate of drug-likeness (QED) is 0.758. The van der Waals surface area contributed by atoms with Crippen molar-refractivity contribution in [2.24, 2.45) is 5.41 Å². The fraction of sp³-hybridized carbons (Fsp3) is 0.938. The lowest BCUT2D eigenvalue weighted by atomic mass is 9.82. The smallest absolute Gasteiger partial charge is 0.327 e. The van der Waals surface area contributed by atoms with Crippen LogP contribution in [0, 0.1) is 5.41 Å². The van der Waals surface area contributed by atoms with Crippen molar-refractivity contribution >= 4 is 5.97 Å². The van der Waals surface area contributed by atoms with Crippen LogP contribution in [0.2, 0.25) is 0 Å². The van der Waals surface area contributed by atoms with E-state index in [9.17, 15) is 4.79 Å². The van der Waals surface area contributed by atoms with Crippen LogP contribution in [0.1, 0.15) is 53.4 Å². The summed E-state index contributed by atoms with van der Waals surface area (Å²) in [7, 11) is 0. The Morgan fingerprint density at radius 1 is 1.35 bits per heavy atom. The van der Waals surface area contributed by atoms with Crippen molar-refractivity contribution < 1.29 is 9.53 Å². The Morgan fingerprint density at radius 3 is 2.45 bits per heavy atom.